The molecule has 0 aliphatic carbocycles. The molecule has 82 valence electrons. The van der Waals surface area contributed by atoms with E-state index in [0.29, 0.717) is 0 Å². The molecule has 1 aliphatic rings. The van der Waals surface area contributed by atoms with Gasteiger partial charge < -0.3 is 4.90 Å². The van der Waals surface area contributed by atoms with Crippen molar-refractivity contribution in [1.82, 2.24) is 9.97 Å². The van der Waals surface area contributed by atoms with Crippen LogP contribution in [0, 0.1) is 5.92 Å². The highest BCUT2D eigenvalue weighted by Gasteiger charge is 2.28. The van der Waals surface area contributed by atoms with Crippen molar-refractivity contribution in [2.24, 2.45) is 5.92 Å². The third kappa shape index (κ3) is 1.41. The summed E-state index contributed by atoms with van der Waals surface area (Å²) in [6.07, 6.45) is 1.57. The SMILES string of the molecule is FCC1CN(c2ncnc3ccccc23)C1. The first kappa shape index (κ1) is 9.51. The fourth-order valence-electron chi connectivity index (χ4n) is 2.08. The molecule has 2 aromatic rings. The maximum absolute atomic E-state index is 12.4. The zero-order valence-electron chi connectivity index (χ0n) is 8.81. The maximum atomic E-state index is 12.4. The van der Waals surface area contributed by atoms with Gasteiger partial charge in [0.2, 0.25) is 0 Å². The molecule has 2 heterocycles. The normalized spacial score (nSPS) is 16.4. The monoisotopic (exact) mass is 217 g/mol. The van der Waals surface area contributed by atoms with E-state index in [4.69, 9.17) is 0 Å². The van der Waals surface area contributed by atoms with Crippen molar-refractivity contribution in [3.63, 3.8) is 0 Å². The van der Waals surface area contributed by atoms with Crippen molar-refractivity contribution in [2.45, 2.75) is 0 Å². The van der Waals surface area contributed by atoms with E-state index < -0.39 is 0 Å². The molecular formula is C12H12FN3. The molecule has 3 nitrogen and oxygen atoms in total. The molecule has 0 spiro atoms. The molecule has 0 amide bonds. The third-order valence-electron chi connectivity index (χ3n) is 3.00. The lowest BCUT2D eigenvalue weighted by molar-refractivity contribution is 0.305. The van der Waals surface area contributed by atoms with Crippen LogP contribution in [0.15, 0.2) is 30.6 Å². The lowest BCUT2D eigenvalue weighted by Gasteiger charge is -2.39. The molecule has 0 saturated carbocycles. The topological polar surface area (TPSA) is 29.0 Å². The average Bonchev–Trinajstić information content (AvgIpc) is 2.28. The Morgan fingerprint density at radius 2 is 2.06 bits per heavy atom. The minimum Gasteiger partial charge on any atom is -0.355 e. The van der Waals surface area contributed by atoms with Crippen LogP contribution in [0.25, 0.3) is 10.9 Å². The largest absolute Gasteiger partial charge is 0.355 e. The Balaban J connectivity index is 1.98. The van der Waals surface area contributed by atoms with Gasteiger partial charge in [0, 0.05) is 24.4 Å². The molecule has 1 aromatic carbocycles. The summed E-state index contributed by atoms with van der Waals surface area (Å²) in [5.41, 5.74) is 0.941. The fourth-order valence-corrected chi connectivity index (χ4v) is 2.08. The van der Waals surface area contributed by atoms with Crippen molar-refractivity contribution in [2.75, 3.05) is 24.7 Å². The second-order valence-electron chi connectivity index (χ2n) is 4.14. The van der Waals surface area contributed by atoms with E-state index in [1.165, 1.54) is 0 Å². The van der Waals surface area contributed by atoms with E-state index in [9.17, 15) is 4.39 Å². The highest BCUT2D eigenvalue weighted by atomic mass is 19.1. The first-order valence-electron chi connectivity index (χ1n) is 5.39. The molecule has 0 atom stereocenters. The van der Waals surface area contributed by atoms with Gasteiger partial charge in [-0.25, -0.2) is 9.97 Å². The summed E-state index contributed by atoms with van der Waals surface area (Å²) in [6.45, 7) is 1.29. The third-order valence-corrected chi connectivity index (χ3v) is 3.00. The van der Waals surface area contributed by atoms with Crippen LogP contribution < -0.4 is 4.90 Å². The van der Waals surface area contributed by atoms with E-state index in [1.807, 2.05) is 24.3 Å². The van der Waals surface area contributed by atoms with Gasteiger partial charge >= 0.3 is 0 Å². The van der Waals surface area contributed by atoms with Crippen LogP contribution in [0.4, 0.5) is 10.2 Å². The molecule has 0 radical (unpaired) electrons. The predicted octanol–water partition coefficient (Wildman–Crippen LogP) is 2.04. The van der Waals surface area contributed by atoms with Gasteiger partial charge in [0.05, 0.1) is 12.2 Å². The Hall–Kier alpha value is -1.71. The van der Waals surface area contributed by atoms with E-state index in [2.05, 4.69) is 14.9 Å². The van der Waals surface area contributed by atoms with E-state index in [0.717, 1.165) is 29.8 Å². The lowest BCUT2D eigenvalue weighted by Crippen LogP contribution is -2.48. The quantitative estimate of drug-likeness (QED) is 0.770. The molecule has 0 N–H and O–H groups in total. The molecule has 1 saturated heterocycles. The highest BCUT2D eigenvalue weighted by molar-refractivity contribution is 5.89. The first-order chi connectivity index (χ1) is 7.88. The minimum atomic E-state index is -0.237. The van der Waals surface area contributed by atoms with E-state index in [-0.39, 0.29) is 12.6 Å². The van der Waals surface area contributed by atoms with Crippen molar-refractivity contribution < 1.29 is 4.39 Å². The summed E-state index contributed by atoms with van der Waals surface area (Å²) in [6, 6.07) is 7.90. The number of hydrogen-bond acceptors (Lipinski definition) is 3. The number of aromatic nitrogens is 2. The lowest BCUT2D eigenvalue weighted by atomic mass is 10.0. The van der Waals surface area contributed by atoms with Crippen molar-refractivity contribution in [3.05, 3.63) is 30.6 Å². The van der Waals surface area contributed by atoms with Gasteiger partial charge in [-0.15, -0.1) is 0 Å². The first-order valence-corrected chi connectivity index (χ1v) is 5.39. The molecule has 1 aromatic heterocycles. The van der Waals surface area contributed by atoms with Gasteiger partial charge in [-0.3, -0.25) is 4.39 Å². The number of alkyl halides is 1. The van der Waals surface area contributed by atoms with Crippen molar-refractivity contribution in [3.8, 4) is 0 Å². The van der Waals surface area contributed by atoms with Crippen LogP contribution in [-0.4, -0.2) is 29.7 Å². The number of rotatable bonds is 2. The van der Waals surface area contributed by atoms with Crippen LogP contribution in [0.2, 0.25) is 0 Å². The molecule has 0 bridgehead atoms. The smallest absolute Gasteiger partial charge is 0.139 e. The molecule has 16 heavy (non-hydrogen) atoms. The van der Waals surface area contributed by atoms with Gasteiger partial charge in [-0.1, -0.05) is 12.1 Å². The zero-order chi connectivity index (χ0) is 11.0. The Morgan fingerprint density at radius 1 is 1.25 bits per heavy atom. The number of anilines is 1. The summed E-state index contributed by atoms with van der Waals surface area (Å²) >= 11 is 0. The molecule has 0 unspecified atom stereocenters. The summed E-state index contributed by atoms with van der Waals surface area (Å²) in [5.74, 6) is 1.10. The molecule has 1 fully saturated rings. The van der Waals surface area contributed by atoms with Crippen LogP contribution in [0.5, 0.6) is 0 Å². The van der Waals surface area contributed by atoms with Gasteiger partial charge in [0.25, 0.3) is 0 Å². The summed E-state index contributed by atoms with van der Waals surface area (Å²) in [4.78, 5) is 10.6. The number of fused-ring (bicyclic) bond motifs is 1. The predicted molar refractivity (Wildman–Crippen MR) is 61.2 cm³/mol. The van der Waals surface area contributed by atoms with Crippen molar-refractivity contribution in [1.29, 1.82) is 0 Å². The summed E-state index contributed by atoms with van der Waals surface area (Å²) in [7, 11) is 0. The molecule has 1 aliphatic heterocycles. The minimum absolute atomic E-state index is 0.175. The van der Waals surface area contributed by atoms with E-state index in [1.54, 1.807) is 6.33 Å². The second-order valence-corrected chi connectivity index (χ2v) is 4.14. The zero-order valence-corrected chi connectivity index (χ0v) is 8.81. The van der Waals surface area contributed by atoms with Crippen molar-refractivity contribution >= 4 is 16.7 Å². The van der Waals surface area contributed by atoms with Gasteiger partial charge in [0.1, 0.15) is 12.1 Å². The van der Waals surface area contributed by atoms with Crippen LogP contribution in [0.3, 0.4) is 0 Å². The van der Waals surface area contributed by atoms with Crippen LogP contribution in [-0.2, 0) is 0 Å². The van der Waals surface area contributed by atoms with Crippen LogP contribution >= 0.6 is 0 Å². The Kier molecular flexibility index (Phi) is 2.20. The molecule has 3 rings (SSSR count). The summed E-state index contributed by atoms with van der Waals surface area (Å²) < 4.78 is 12.4. The maximum Gasteiger partial charge on any atom is 0.139 e. The van der Waals surface area contributed by atoms with Gasteiger partial charge in [-0.05, 0) is 12.1 Å². The molecular weight excluding hydrogens is 205 g/mol. The Bertz CT molecular complexity index is 503. The fraction of sp³-hybridized carbons (Fsp3) is 0.333. The number of para-hydroxylation sites is 1. The van der Waals surface area contributed by atoms with Gasteiger partial charge in [-0.2, -0.15) is 0 Å². The van der Waals surface area contributed by atoms with Crippen LogP contribution in [0.1, 0.15) is 0 Å². The number of halogens is 1. The average molecular weight is 217 g/mol. The van der Waals surface area contributed by atoms with E-state index >= 15 is 0 Å². The number of benzene rings is 1. The number of nitrogens with zero attached hydrogens (tertiary/aromatic N) is 3. The highest BCUT2D eigenvalue weighted by Crippen LogP contribution is 2.28. The molecule has 4 heteroatoms. The standard InChI is InChI=1S/C12H12FN3/c13-5-9-6-16(7-9)12-10-3-1-2-4-11(10)14-8-15-12/h1-4,8-9H,5-7H2. The summed E-state index contributed by atoms with van der Waals surface area (Å²) in [5, 5.41) is 1.04. The Morgan fingerprint density at radius 3 is 2.88 bits per heavy atom. The second kappa shape index (κ2) is 3.70. The Labute approximate surface area is 92.9 Å². The van der Waals surface area contributed by atoms with Gasteiger partial charge in [0.15, 0.2) is 0 Å². The number of hydrogen-bond donors (Lipinski definition) is 0.